The average Bonchev–Trinajstić information content (AvgIpc) is 3.42. The van der Waals surface area contributed by atoms with Gasteiger partial charge < -0.3 is 18.6 Å². The lowest BCUT2D eigenvalue weighted by Crippen LogP contribution is -2.20. The van der Waals surface area contributed by atoms with Gasteiger partial charge in [-0.15, -0.1) is 6.58 Å². The lowest BCUT2D eigenvalue weighted by Gasteiger charge is -2.19. The molecule has 40 heavy (non-hydrogen) atoms. The summed E-state index contributed by atoms with van der Waals surface area (Å²) in [5.74, 6) is 2.58. The van der Waals surface area contributed by atoms with Crippen molar-refractivity contribution in [3.63, 3.8) is 0 Å². The van der Waals surface area contributed by atoms with Crippen molar-refractivity contribution in [1.29, 1.82) is 0 Å². The lowest BCUT2D eigenvalue weighted by molar-refractivity contribution is 0.206. The highest BCUT2D eigenvalue weighted by Crippen LogP contribution is 2.35. The highest BCUT2D eigenvalue weighted by molar-refractivity contribution is 5.89. The van der Waals surface area contributed by atoms with Gasteiger partial charge in [0.2, 0.25) is 5.82 Å². The van der Waals surface area contributed by atoms with E-state index in [1.165, 1.54) is 4.68 Å². The number of allylic oxidation sites excluding steroid dienone is 1. The van der Waals surface area contributed by atoms with E-state index in [1.807, 2.05) is 55.5 Å². The van der Waals surface area contributed by atoms with Crippen molar-refractivity contribution in [2.45, 2.75) is 32.8 Å². The third-order valence-electron chi connectivity index (χ3n) is 6.67. The van der Waals surface area contributed by atoms with Gasteiger partial charge in [0.05, 0.1) is 42.8 Å². The fourth-order valence-corrected chi connectivity index (χ4v) is 4.47. The first-order chi connectivity index (χ1) is 19.5. The molecule has 0 fully saturated rings. The molecular formula is C32H31N3O5. The van der Waals surface area contributed by atoms with Gasteiger partial charge in [-0.2, -0.15) is 9.78 Å². The molecule has 0 amide bonds. The number of rotatable bonds is 10. The molecule has 1 atom stereocenters. The molecule has 0 aliphatic heterocycles. The molecule has 2 aromatic heterocycles. The van der Waals surface area contributed by atoms with E-state index >= 15 is 0 Å². The van der Waals surface area contributed by atoms with Crippen LogP contribution in [-0.4, -0.2) is 36.2 Å². The molecule has 3 aromatic carbocycles. The zero-order valence-corrected chi connectivity index (χ0v) is 23.0. The van der Waals surface area contributed by atoms with Crippen LogP contribution in [0.5, 0.6) is 17.2 Å². The number of fused-ring (bicyclic) bond motifs is 2. The number of methoxy groups -OCH3 is 2. The number of furan rings is 1. The topological polar surface area (TPSA) is 88.1 Å². The molecule has 0 saturated heterocycles. The summed E-state index contributed by atoms with van der Waals surface area (Å²) in [5.41, 5.74) is 2.47. The highest BCUT2D eigenvalue weighted by atomic mass is 16.5. The minimum atomic E-state index is -0.320. The largest absolute Gasteiger partial charge is 0.496 e. The molecule has 0 N–H and O–H groups in total. The SMILES string of the molecule is C=CCc1cc(C=Nn2c(-c3cc4c(OC)cccc4o3)nc3ccccc3c2=O)cc(OC)c1O[C@H](C)CC. The molecule has 204 valence electrons. The van der Waals surface area contributed by atoms with Gasteiger partial charge in [0.25, 0.3) is 5.56 Å². The lowest BCUT2D eigenvalue weighted by atomic mass is 10.1. The van der Waals surface area contributed by atoms with E-state index in [-0.39, 0.29) is 17.5 Å². The van der Waals surface area contributed by atoms with E-state index in [2.05, 4.69) is 18.6 Å². The predicted octanol–water partition coefficient (Wildman–Crippen LogP) is 6.61. The fraction of sp³-hybridized carbons (Fsp3) is 0.219. The van der Waals surface area contributed by atoms with Crippen LogP contribution in [-0.2, 0) is 6.42 Å². The van der Waals surface area contributed by atoms with E-state index in [9.17, 15) is 4.79 Å². The summed E-state index contributed by atoms with van der Waals surface area (Å²) in [5, 5.41) is 5.82. The van der Waals surface area contributed by atoms with E-state index in [0.717, 1.165) is 22.9 Å². The average molecular weight is 538 g/mol. The molecule has 5 rings (SSSR count). The first-order valence-electron chi connectivity index (χ1n) is 13.1. The summed E-state index contributed by atoms with van der Waals surface area (Å²) in [4.78, 5) is 18.4. The van der Waals surface area contributed by atoms with Crippen molar-refractivity contribution in [3.05, 3.63) is 94.8 Å². The van der Waals surface area contributed by atoms with Crippen LogP contribution in [0, 0.1) is 0 Å². The van der Waals surface area contributed by atoms with Crippen LogP contribution in [0.25, 0.3) is 33.5 Å². The highest BCUT2D eigenvalue weighted by Gasteiger charge is 2.19. The van der Waals surface area contributed by atoms with Crippen LogP contribution in [0.15, 0.2) is 87.6 Å². The number of benzene rings is 3. The van der Waals surface area contributed by atoms with Gasteiger partial charge in [0, 0.05) is 5.56 Å². The molecule has 8 nitrogen and oxygen atoms in total. The fourth-order valence-electron chi connectivity index (χ4n) is 4.47. The molecule has 0 spiro atoms. The molecule has 0 radical (unpaired) electrons. The smallest absolute Gasteiger partial charge is 0.282 e. The predicted molar refractivity (Wildman–Crippen MR) is 158 cm³/mol. The van der Waals surface area contributed by atoms with Gasteiger partial charge in [-0.1, -0.05) is 31.2 Å². The van der Waals surface area contributed by atoms with Crippen LogP contribution in [0.1, 0.15) is 31.4 Å². The van der Waals surface area contributed by atoms with Crippen LogP contribution in [0.2, 0.25) is 0 Å². The van der Waals surface area contributed by atoms with Gasteiger partial charge >= 0.3 is 0 Å². The van der Waals surface area contributed by atoms with Crippen LogP contribution < -0.4 is 19.8 Å². The van der Waals surface area contributed by atoms with Crippen molar-refractivity contribution in [1.82, 2.24) is 9.66 Å². The zero-order valence-electron chi connectivity index (χ0n) is 23.0. The molecule has 2 heterocycles. The second-order valence-electron chi connectivity index (χ2n) is 9.34. The summed E-state index contributed by atoms with van der Waals surface area (Å²) in [6, 6.07) is 18.3. The van der Waals surface area contributed by atoms with Gasteiger partial charge in [-0.05, 0) is 67.8 Å². The van der Waals surface area contributed by atoms with Gasteiger partial charge in [-0.3, -0.25) is 4.79 Å². The van der Waals surface area contributed by atoms with E-state index < -0.39 is 0 Å². The molecule has 8 heteroatoms. The van der Waals surface area contributed by atoms with Crippen molar-refractivity contribution in [3.8, 4) is 28.8 Å². The minimum Gasteiger partial charge on any atom is -0.496 e. The molecule has 0 aliphatic carbocycles. The summed E-state index contributed by atoms with van der Waals surface area (Å²) >= 11 is 0. The van der Waals surface area contributed by atoms with Gasteiger partial charge in [0.1, 0.15) is 11.3 Å². The maximum Gasteiger partial charge on any atom is 0.282 e. The monoisotopic (exact) mass is 537 g/mol. The zero-order chi connectivity index (χ0) is 28.2. The third kappa shape index (κ3) is 5.08. The maximum absolute atomic E-state index is 13.7. The Balaban J connectivity index is 1.67. The van der Waals surface area contributed by atoms with Crippen LogP contribution >= 0.6 is 0 Å². The molecule has 0 bridgehead atoms. The van der Waals surface area contributed by atoms with Gasteiger partial charge in [0.15, 0.2) is 17.3 Å². The Morgan fingerprint density at radius 2 is 1.85 bits per heavy atom. The van der Waals surface area contributed by atoms with Crippen LogP contribution in [0.4, 0.5) is 0 Å². The minimum absolute atomic E-state index is 0.0178. The summed E-state index contributed by atoms with van der Waals surface area (Å²) in [6.45, 7) is 7.97. The molecule has 0 saturated carbocycles. The van der Waals surface area contributed by atoms with Crippen molar-refractivity contribution < 1.29 is 18.6 Å². The van der Waals surface area contributed by atoms with Gasteiger partial charge in [-0.25, -0.2) is 4.98 Å². The number of hydrogen-bond donors (Lipinski definition) is 0. The van der Waals surface area contributed by atoms with Crippen molar-refractivity contribution >= 4 is 28.1 Å². The molecule has 0 aliphatic rings. The second kappa shape index (κ2) is 11.5. The first-order valence-corrected chi connectivity index (χ1v) is 13.1. The van der Waals surface area contributed by atoms with E-state index in [4.69, 9.17) is 23.6 Å². The summed E-state index contributed by atoms with van der Waals surface area (Å²) in [6.07, 6.45) is 4.86. The Kier molecular flexibility index (Phi) is 7.68. The summed E-state index contributed by atoms with van der Waals surface area (Å²) in [7, 11) is 3.20. The number of para-hydroxylation sites is 1. The Morgan fingerprint density at radius 3 is 2.60 bits per heavy atom. The quantitative estimate of drug-likeness (QED) is 0.147. The Labute approximate surface area is 232 Å². The number of hydrogen-bond acceptors (Lipinski definition) is 7. The molecular weight excluding hydrogens is 506 g/mol. The Hall–Kier alpha value is -4.85. The summed E-state index contributed by atoms with van der Waals surface area (Å²) < 4.78 is 24.7. The second-order valence-corrected chi connectivity index (χ2v) is 9.34. The third-order valence-corrected chi connectivity index (χ3v) is 6.67. The molecule has 0 unspecified atom stereocenters. The molecule has 5 aromatic rings. The van der Waals surface area contributed by atoms with Crippen molar-refractivity contribution in [2.24, 2.45) is 5.10 Å². The van der Waals surface area contributed by atoms with E-state index in [1.54, 1.807) is 38.6 Å². The standard InChI is InChI=1S/C32H31N3O5/c1-6-11-22-16-21(17-28(38-5)30(22)39-20(3)7-2)19-33-35-31(34-25-13-9-8-12-23(25)32(35)36)29-18-24-26(37-4)14-10-15-27(24)40-29/h6,8-10,12-20H,1,7,11H2,2-5H3/t20-/m1/s1. The normalized spacial score (nSPS) is 12.2. The Bertz CT molecular complexity index is 1780. The number of aromatic nitrogens is 2. The van der Waals surface area contributed by atoms with Crippen molar-refractivity contribution in [2.75, 3.05) is 14.2 Å². The first kappa shape index (κ1) is 26.7. The Morgan fingerprint density at radius 1 is 1.05 bits per heavy atom. The number of nitrogens with zero attached hydrogens (tertiary/aromatic N) is 3. The van der Waals surface area contributed by atoms with Crippen LogP contribution in [0.3, 0.4) is 0 Å². The number of ether oxygens (including phenoxy) is 3. The maximum atomic E-state index is 13.7. The van der Waals surface area contributed by atoms with E-state index in [0.29, 0.717) is 45.9 Å².